The Labute approximate surface area is 236 Å². The molecule has 8 rings (SSSR count). The zero-order chi connectivity index (χ0) is 25.6. The number of halogens is 1. The van der Waals surface area contributed by atoms with Gasteiger partial charge in [-0.25, -0.2) is 0 Å². The van der Waals surface area contributed by atoms with Crippen LogP contribution in [-0.4, -0.2) is 0 Å². The number of fused-ring (bicyclic) bond motifs is 11. The number of hydrogen-bond donors (Lipinski definition) is 0. The lowest BCUT2D eigenvalue weighted by molar-refractivity contribution is 0.652. The summed E-state index contributed by atoms with van der Waals surface area (Å²) < 4.78 is 1.10. The van der Waals surface area contributed by atoms with Gasteiger partial charge in [0.1, 0.15) is 0 Å². The SMILES string of the molecule is CC1(C)c2ccccc2-c2cc3c(cc21)Sc1ccccc1C31c2ccccc2C=Cc2cc(Br)ccc21. The molecular formula is C36H25BrS. The first-order valence-electron chi connectivity index (χ1n) is 13.1. The summed E-state index contributed by atoms with van der Waals surface area (Å²) in [5.41, 5.74) is 13.1. The monoisotopic (exact) mass is 568 g/mol. The van der Waals surface area contributed by atoms with Crippen LogP contribution in [0.4, 0.5) is 0 Å². The van der Waals surface area contributed by atoms with Crippen molar-refractivity contribution < 1.29 is 0 Å². The fraction of sp³-hybridized carbons (Fsp3) is 0.111. The Bertz CT molecular complexity index is 1840. The Hall–Kier alpha value is -3.33. The van der Waals surface area contributed by atoms with Crippen molar-refractivity contribution in [2.75, 3.05) is 0 Å². The largest absolute Gasteiger partial charge is 0.0894 e. The highest BCUT2D eigenvalue weighted by Gasteiger charge is 2.48. The quantitative estimate of drug-likeness (QED) is 0.175. The molecule has 0 nitrogen and oxygen atoms in total. The molecule has 1 spiro atoms. The van der Waals surface area contributed by atoms with E-state index in [2.05, 4.69) is 145 Å². The van der Waals surface area contributed by atoms with Gasteiger partial charge >= 0.3 is 0 Å². The van der Waals surface area contributed by atoms with Gasteiger partial charge in [-0.2, -0.15) is 0 Å². The van der Waals surface area contributed by atoms with Gasteiger partial charge in [0.2, 0.25) is 0 Å². The summed E-state index contributed by atoms with van der Waals surface area (Å²) in [5.74, 6) is 0. The average molecular weight is 570 g/mol. The van der Waals surface area contributed by atoms with Crippen molar-refractivity contribution in [3.05, 3.63) is 152 Å². The van der Waals surface area contributed by atoms with Crippen molar-refractivity contribution >= 4 is 39.8 Å². The molecule has 0 saturated heterocycles. The highest BCUT2D eigenvalue weighted by atomic mass is 79.9. The second-order valence-corrected chi connectivity index (χ2v) is 13.1. The molecule has 2 heteroatoms. The summed E-state index contributed by atoms with van der Waals surface area (Å²) in [6.45, 7) is 4.75. The molecule has 1 unspecified atom stereocenters. The topological polar surface area (TPSA) is 0 Å². The molecule has 182 valence electrons. The normalized spacial score (nSPS) is 19.0. The van der Waals surface area contributed by atoms with E-state index < -0.39 is 5.41 Å². The Morgan fingerprint density at radius 1 is 0.526 bits per heavy atom. The van der Waals surface area contributed by atoms with E-state index >= 15 is 0 Å². The lowest BCUT2D eigenvalue weighted by Gasteiger charge is -2.43. The second-order valence-electron chi connectivity index (χ2n) is 11.1. The third kappa shape index (κ3) is 2.83. The van der Waals surface area contributed by atoms with Crippen molar-refractivity contribution in [3.63, 3.8) is 0 Å². The molecular weight excluding hydrogens is 544 g/mol. The Morgan fingerprint density at radius 3 is 2.08 bits per heavy atom. The third-order valence-electron chi connectivity index (χ3n) is 8.82. The molecule has 2 aliphatic carbocycles. The van der Waals surface area contributed by atoms with Gasteiger partial charge in [0.05, 0.1) is 5.41 Å². The van der Waals surface area contributed by atoms with Crippen LogP contribution in [0, 0.1) is 0 Å². The van der Waals surface area contributed by atoms with Crippen molar-refractivity contribution in [1.82, 2.24) is 0 Å². The van der Waals surface area contributed by atoms with Crippen molar-refractivity contribution in [2.45, 2.75) is 34.5 Å². The fourth-order valence-electron chi connectivity index (χ4n) is 7.14. The summed E-state index contributed by atoms with van der Waals surface area (Å²) >= 11 is 5.69. The van der Waals surface area contributed by atoms with Gasteiger partial charge in [0.15, 0.2) is 0 Å². The maximum atomic E-state index is 3.76. The molecule has 0 amide bonds. The summed E-state index contributed by atoms with van der Waals surface area (Å²) in [5, 5.41) is 0. The Balaban J connectivity index is 1.57. The van der Waals surface area contributed by atoms with Crippen LogP contribution in [0.2, 0.25) is 0 Å². The van der Waals surface area contributed by atoms with Crippen LogP contribution in [0.25, 0.3) is 23.3 Å². The molecule has 0 aromatic heterocycles. The van der Waals surface area contributed by atoms with E-state index in [4.69, 9.17) is 0 Å². The summed E-state index contributed by atoms with van der Waals surface area (Å²) in [6.07, 6.45) is 4.59. The molecule has 0 N–H and O–H groups in total. The number of rotatable bonds is 0. The average Bonchev–Trinajstić information content (AvgIpc) is 3.06. The van der Waals surface area contributed by atoms with Crippen LogP contribution >= 0.6 is 27.7 Å². The predicted octanol–water partition coefficient (Wildman–Crippen LogP) is 10.1. The van der Waals surface area contributed by atoms with E-state index in [9.17, 15) is 0 Å². The molecule has 1 aliphatic heterocycles. The van der Waals surface area contributed by atoms with Crippen LogP contribution < -0.4 is 0 Å². The zero-order valence-corrected chi connectivity index (χ0v) is 23.7. The van der Waals surface area contributed by atoms with E-state index in [1.807, 2.05) is 11.8 Å². The molecule has 38 heavy (non-hydrogen) atoms. The van der Waals surface area contributed by atoms with Crippen LogP contribution in [0.3, 0.4) is 0 Å². The van der Waals surface area contributed by atoms with Crippen molar-refractivity contribution in [2.24, 2.45) is 0 Å². The van der Waals surface area contributed by atoms with Gasteiger partial charge < -0.3 is 0 Å². The van der Waals surface area contributed by atoms with Crippen molar-refractivity contribution in [3.8, 4) is 11.1 Å². The van der Waals surface area contributed by atoms with E-state index in [-0.39, 0.29) is 5.41 Å². The van der Waals surface area contributed by atoms with Gasteiger partial charge in [0.25, 0.3) is 0 Å². The summed E-state index contributed by atoms with van der Waals surface area (Å²) in [7, 11) is 0. The molecule has 5 aromatic carbocycles. The first-order valence-corrected chi connectivity index (χ1v) is 14.7. The Morgan fingerprint density at radius 2 is 1.21 bits per heavy atom. The highest BCUT2D eigenvalue weighted by Crippen LogP contribution is 2.61. The molecule has 5 aromatic rings. The minimum Gasteiger partial charge on any atom is -0.0894 e. The predicted molar refractivity (Wildman–Crippen MR) is 163 cm³/mol. The van der Waals surface area contributed by atoms with Gasteiger partial charge in [0, 0.05) is 19.7 Å². The molecule has 1 atom stereocenters. The third-order valence-corrected chi connectivity index (χ3v) is 10.5. The van der Waals surface area contributed by atoms with Gasteiger partial charge in [-0.15, -0.1) is 0 Å². The molecule has 0 radical (unpaired) electrons. The number of benzene rings is 5. The number of hydrogen-bond acceptors (Lipinski definition) is 1. The van der Waals surface area contributed by atoms with Crippen LogP contribution in [0.5, 0.6) is 0 Å². The highest BCUT2D eigenvalue weighted by molar-refractivity contribution is 9.10. The zero-order valence-electron chi connectivity index (χ0n) is 21.3. The first kappa shape index (κ1) is 22.6. The fourth-order valence-corrected chi connectivity index (χ4v) is 8.73. The smallest absolute Gasteiger partial charge is 0.0735 e. The van der Waals surface area contributed by atoms with Crippen LogP contribution in [0.1, 0.15) is 58.4 Å². The Kier molecular flexibility index (Phi) is 4.67. The van der Waals surface area contributed by atoms with Gasteiger partial charge in [-0.05, 0) is 86.0 Å². The van der Waals surface area contributed by atoms with Crippen LogP contribution in [-0.2, 0) is 10.8 Å². The summed E-state index contributed by atoms with van der Waals surface area (Å²) in [6, 6.07) is 38.9. The van der Waals surface area contributed by atoms with Crippen molar-refractivity contribution in [1.29, 1.82) is 0 Å². The second kappa shape index (κ2) is 7.85. The summed E-state index contributed by atoms with van der Waals surface area (Å²) in [4.78, 5) is 2.69. The van der Waals surface area contributed by atoms with E-state index in [0.29, 0.717) is 0 Å². The van der Waals surface area contributed by atoms with E-state index in [1.165, 1.54) is 65.4 Å². The lowest BCUT2D eigenvalue weighted by Crippen LogP contribution is -2.35. The lowest BCUT2D eigenvalue weighted by atomic mass is 9.63. The first-order chi connectivity index (χ1) is 18.5. The van der Waals surface area contributed by atoms with Crippen LogP contribution in [0.15, 0.2) is 117 Å². The van der Waals surface area contributed by atoms with E-state index in [1.54, 1.807) is 0 Å². The minimum atomic E-state index is -0.427. The minimum absolute atomic E-state index is 0.0304. The molecule has 0 saturated carbocycles. The molecule has 1 heterocycles. The standard InChI is InChI=1S/C36H25BrS/c1-35(2)29-12-6-4-10-25(29)26-20-32-34(21-31(26)35)38-33-14-8-7-13-30(33)36(32)27-11-5-3-9-22(27)15-16-23-19-24(37)17-18-28(23)36/h3-21H,1-2H3. The maximum absolute atomic E-state index is 3.76. The van der Waals surface area contributed by atoms with E-state index in [0.717, 1.165) is 4.47 Å². The maximum Gasteiger partial charge on any atom is 0.0735 e. The molecule has 0 fully saturated rings. The molecule has 3 aliphatic rings. The molecule has 0 bridgehead atoms. The van der Waals surface area contributed by atoms with Gasteiger partial charge in [-0.3, -0.25) is 0 Å². The van der Waals surface area contributed by atoms with Gasteiger partial charge in [-0.1, -0.05) is 126 Å².